The highest BCUT2D eigenvalue weighted by molar-refractivity contribution is 5.77. The van der Waals surface area contributed by atoms with Gasteiger partial charge in [0.05, 0.1) is 0 Å². The maximum atomic E-state index is 5.72. The molecule has 2 heterocycles. The smallest absolute Gasteiger partial charge is 0.188 e. The van der Waals surface area contributed by atoms with Crippen LogP contribution in [0.2, 0.25) is 0 Å². The van der Waals surface area contributed by atoms with Crippen molar-refractivity contribution in [1.82, 2.24) is 19.9 Å². The third kappa shape index (κ3) is 3.67. The number of fused-ring (bicyclic) bond motifs is 1. The van der Waals surface area contributed by atoms with Crippen LogP contribution in [0.4, 0.5) is 0 Å². The van der Waals surface area contributed by atoms with E-state index in [-0.39, 0.29) is 0 Å². The summed E-state index contributed by atoms with van der Waals surface area (Å²) in [5, 5.41) is 11.4. The zero-order valence-electron chi connectivity index (χ0n) is 11.2. The Morgan fingerprint density at radius 2 is 2.32 bits per heavy atom. The van der Waals surface area contributed by atoms with Crippen molar-refractivity contribution < 1.29 is 0 Å². The predicted molar refractivity (Wildman–Crippen MR) is 76.1 cm³/mol. The van der Waals surface area contributed by atoms with Crippen molar-refractivity contribution in [1.29, 1.82) is 0 Å². The van der Waals surface area contributed by atoms with Gasteiger partial charge in [-0.2, -0.15) is 0 Å². The third-order valence-corrected chi connectivity index (χ3v) is 2.77. The van der Waals surface area contributed by atoms with E-state index < -0.39 is 0 Å². The minimum Gasteiger partial charge on any atom is -0.370 e. The molecule has 2 aromatic heterocycles. The van der Waals surface area contributed by atoms with Crippen LogP contribution in [0, 0.1) is 0 Å². The summed E-state index contributed by atoms with van der Waals surface area (Å²) in [6.45, 7) is 3.64. The zero-order chi connectivity index (χ0) is 13.5. The molecule has 2 aromatic rings. The summed E-state index contributed by atoms with van der Waals surface area (Å²) in [6.07, 6.45) is 4.79. The van der Waals surface area contributed by atoms with Gasteiger partial charge in [-0.1, -0.05) is 13.0 Å². The van der Waals surface area contributed by atoms with Gasteiger partial charge in [0.2, 0.25) is 0 Å². The van der Waals surface area contributed by atoms with Crippen LogP contribution in [-0.4, -0.2) is 33.6 Å². The molecule has 19 heavy (non-hydrogen) atoms. The normalized spacial score (nSPS) is 11.9. The van der Waals surface area contributed by atoms with Gasteiger partial charge in [0, 0.05) is 25.7 Å². The summed E-state index contributed by atoms with van der Waals surface area (Å²) in [7, 11) is 0. The van der Waals surface area contributed by atoms with Gasteiger partial charge >= 0.3 is 0 Å². The second kappa shape index (κ2) is 6.72. The topological polar surface area (TPSA) is 80.6 Å². The number of guanidine groups is 1. The van der Waals surface area contributed by atoms with Gasteiger partial charge in [0.15, 0.2) is 11.6 Å². The number of nitrogens with one attached hydrogen (secondary N) is 1. The molecule has 0 fully saturated rings. The predicted octanol–water partition coefficient (Wildman–Crippen LogP) is 0.976. The number of aliphatic imine (C=N–C) groups is 1. The summed E-state index contributed by atoms with van der Waals surface area (Å²) in [5.74, 6) is 1.49. The largest absolute Gasteiger partial charge is 0.370 e. The number of hydrogen-bond donors (Lipinski definition) is 2. The fourth-order valence-corrected chi connectivity index (χ4v) is 1.81. The monoisotopic (exact) mass is 260 g/mol. The van der Waals surface area contributed by atoms with Crippen LogP contribution in [0.1, 0.15) is 25.6 Å². The first-order valence-electron chi connectivity index (χ1n) is 6.63. The molecule has 0 atom stereocenters. The van der Waals surface area contributed by atoms with Gasteiger partial charge in [-0.25, -0.2) is 0 Å². The zero-order valence-corrected chi connectivity index (χ0v) is 11.2. The van der Waals surface area contributed by atoms with E-state index in [2.05, 4.69) is 27.4 Å². The molecular formula is C13H20N6. The molecule has 0 saturated carbocycles. The van der Waals surface area contributed by atoms with E-state index in [0.29, 0.717) is 5.96 Å². The van der Waals surface area contributed by atoms with Crippen molar-refractivity contribution >= 4 is 11.6 Å². The number of nitrogens with zero attached hydrogens (tertiary/aromatic N) is 4. The van der Waals surface area contributed by atoms with Crippen molar-refractivity contribution in [3.8, 4) is 0 Å². The lowest BCUT2D eigenvalue weighted by Crippen LogP contribution is -2.32. The number of rotatable bonds is 6. The lowest BCUT2D eigenvalue weighted by atomic mass is 10.3. The molecule has 3 N–H and O–H groups in total. The number of aryl methyl sites for hydroxylation is 1. The van der Waals surface area contributed by atoms with E-state index in [1.54, 1.807) is 0 Å². The molecule has 102 valence electrons. The van der Waals surface area contributed by atoms with Crippen molar-refractivity contribution in [3.63, 3.8) is 0 Å². The molecule has 0 amide bonds. The van der Waals surface area contributed by atoms with Crippen LogP contribution in [0.15, 0.2) is 29.4 Å². The molecule has 0 aliphatic carbocycles. The Labute approximate surface area is 112 Å². The number of hydrogen-bond acceptors (Lipinski definition) is 3. The van der Waals surface area contributed by atoms with Crippen LogP contribution in [-0.2, 0) is 6.42 Å². The van der Waals surface area contributed by atoms with E-state index in [0.717, 1.165) is 43.8 Å². The standard InChI is InChI=1S/C13H20N6/c1-2-8-15-13(14)16-9-5-7-12-18-17-11-6-3-4-10-19(11)12/h3-4,6,10H,2,5,7-9H2,1H3,(H3,14,15,16). The molecule has 0 aliphatic heterocycles. The second-order valence-corrected chi connectivity index (χ2v) is 4.34. The fourth-order valence-electron chi connectivity index (χ4n) is 1.81. The summed E-state index contributed by atoms with van der Waals surface area (Å²) < 4.78 is 2.01. The molecule has 0 spiro atoms. The molecule has 2 rings (SSSR count). The Balaban J connectivity index is 1.80. The Kier molecular flexibility index (Phi) is 4.72. The van der Waals surface area contributed by atoms with Crippen molar-refractivity contribution in [2.75, 3.05) is 13.1 Å². The van der Waals surface area contributed by atoms with Crippen molar-refractivity contribution in [2.45, 2.75) is 26.2 Å². The molecule has 0 unspecified atom stereocenters. The Morgan fingerprint density at radius 1 is 1.42 bits per heavy atom. The Morgan fingerprint density at radius 3 is 3.16 bits per heavy atom. The van der Waals surface area contributed by atoms with Gasteiger partial charge < -0.3 is 11.1 Å². The first-order valence-corrected chi connectivity index (χ1v) is 6.63. The second-order valence-electron chi connectivity index (χ2n) is 4.34. The van der Waals surface area contributed by atoms with Crippen LogP contribution in [0.3, 0.4) is 0 Å². The third-order valence-electron chi connectivity index (χ3n) is 2.77. The number of pyridine rings is 1. The Hall–Kier alpha value is -2.11. The van der Waals surface area contributed by atoms with Gasteiger partial charge in [0.1, 0.15) is 5.82 Å². The van der Waals surface area contributed by atoms with Crippen LogP contribution in [0.25, 0.3) is 5.65 Å². The van der Waals surface area contributed by atoms with Crippen LogP contribution < -0.4 is 11.1 Å². The fraction of sp³-hybridized carbons (Fsp3) is 0.462. The van der Waals surface area contributed by atoms with Crippen molar-refractivity contribution in [3.05, 3.63) is 30.2 Å². The molecule has 6 heteroatoms. The molecular weight excluding hydrogens is 240 g/mol. The molecule has 0 aliphatic rings. The molecule has 0 aromatic carbocycles. The highest BCUT2D eigenvalue weighted by Crippen LogP contribution is 2.04. The first kappa shape index (κ1) is 13.3. The maximum Gasteiger partial charge on any atom is 0.188 e. The Bertz CT molecular complexity index is 545. The van der Waals surface area contributed by atoms with Crippen LogP contribution in [0.5, 0.6) is 0 Å². The number of nitrogens with two attached hydrogens (primary N) is 1. The summed E-state index contributed by atoms with van der Waals surface area (Å²) >= 11 is 0. The lowest BCUT2D eigenvalue weighted by molar-refractivity contribution is 0.727. The van der Waals surface area contributed by atoms with E-state index in [1.807, 2.05) is 28.8 Å². The molecule has 0 radical (unpaired) electrons. The maximum absolute atomic E-state index is 5.72. The molecule has 0 bridgehead atoms. The minimum atomic E-state index is 0.521. The highest BCUT2D eigenvalue weighted by Gasteiger charge is 2.03. The summed E-state index contributed by atoms with van der Waals surface area (Å²) in [6, 6.07) is 5.89. The SMILES string of the molecule is CCCN=C(N)NCCCc1nnc2ccccn12. The van der Waals surface area contributed by atoms with E-state index in [4.69, 9.17) is 5.73 Å². The van der Waals surface area contributed by atoms with E-state index in [1.165, 1.54) is 0 Å². The average molecular weight is 260 g/mol. The first-order chi connectivity index (χ1) is 9.31. The average Bonchev–Trinajstić information content (AvgIpc) is 2.85. The summed E-state index contributed by atoms with van der Waals surface area (Å²) in [4.78, 5) is 4.18. The quantitative estimate of drug-likeness (QED) is 0.461. The molecule has 0 saturated heterocycles. The van der Waals surface area contributed by atoms with Gasteiger partial charge in [-0.3, -0.25) is 9.39 Å². The van der Waals surface area contributed by atoms with Crippen molar-refractivity contribution in [2.24, 2.45) is 10.7 Å². The summed E-state index contributed by atoms with van der Waals surface area (Å²) in [5.41, 5.74) is 6.60. The van der Waals surface area contributed by atoms with E-state index >= 15 is 0 Å². The van der Waals surface area contributed by atoms with Gasteiger partial charge in [-0.05, 0) is 25.0 Å². The highest BCUT2D eigenvalue weighted by atomic mass is 15.2. The minimum absolute atomic E-state index is 0.521. The number of aromatic nitrogens is 3. The van der Waals surface area contributed by atoms with E-state index in [9.17, 15) is 0 Å². The lowest BCUT2D eigenvalue weighted by Gasteiger charge is -2.04. The van der Waals surface area contributed by atoms with Crippen LogP contribution >= 0.6 is 0 Å². The van der Waals surface area contributed by atoms with Gasteiger partial charge in [-0.15, -0.1) is 10.2 Å². The molecule has 6 nitrogen and oxygen atoms in total. The van der Waals surface area contributed by atoms with Gasteiger partial charge in [0.25, 0.3) is 0 Å².